The number of amides is 1. The van der Waals surface area contributed by atoms with Crippen LogP contribution in [0.2, 0.25) is 0 Å². The molecule has 5 nitrogen and oxygen atoms in total. The van der Waals surface area contributed by atoms with E-state index < -0.39 is 11.6 Å². The summed E-state index contributed by atoms with van der Waals surface area (Å²) in [7, 11) is 1.43. The summed E-state index contributed by atoms with van der Waals surface area (Å²) in [5.74, 6) is -0.553. The summed E-state index contributed by atoms with van der Waals surface area (Å²) < 4.78 is 17.0. The van der Waals surface area contributed by atoms with Gasteiger partial charge >= 0.3 is 0 Å². The van der Waals surface area contributed by atoms with Crippen molar-refractivity contribution >= 4 is 23.5 Å². The van der Waals surface area contributed by atoms with Crippen LogP contribution in [0.4, 0.5) is 10.1 Å². The van der Waals surface area contributed by atoms with Gasteiger partial charge in [-0.2, -0.15) is 0 Å². The molecule has 116 valence electrons. The second kappa shape index (κ2) is 7.00. The second-order valence-electron chi connectivity index (χ2n) is 5.04. The number of anilines is 1. The van der Waals surface area contributed by atoms with Crippen LogP contribution in [0.1, 0.15) is 32.1 Å². The van der Waals surface area contributed by atoms with Gasteiger partial charge in [-0.05, 0) is 55.8 Å². The van der Waals surface area contributed by atoms with Gasteiger partial charge in [0.25, 0.3) is 5.91 Å². The van der Waals surface area contributed by atoms with E-state index in [1.165, 1.54) is 13.2 Å². The molecule has 0 unspecified atom stereocenters. The van der Waals surface area contributed by atoms with E-state index in [0.29, 0.717) is 10.6 Å². The zero-order chi connectivity index (χ0) is 15.3. The highest BCUT2D eigenvalue weighted by Gasteiger charge is 2.39. The van der Waals surface area contributed by atoms with Gasteiger partial charge in [-0.1, -0.05) is 6.42 Å². The number of hydrogen-bond donors (Lipinski definition) is 3. The van der Waals surface area contributed by atoms with Gasteiger partial charge in [0.1, 0.15) is 11.4 Å². The maximum Gasteiger partial charge on any atom is 0.267 e. The number of hydrogen-bond acceptors (Lipinski definition) is 5. The lowest BCUT2D eigenvalue weighted by Crippen LogP contribution is -2.42. The van der Waals surface area contributed by atoms with Crippen LogP contribution in [-0.2, 0) is 9.63 Å². The highest BCUT2D eigenvalue weighted by molar-refractivity contribution is 7.98. The zero-order valence-corrected chi connectivity index (χ0v) is 12.6. The number of halogens is 1. The van der Waals surface area contributed by atoms with Crippen molar-refractivity contribution in [2.75, 3.05) is 12.6 Å². The third-order valence-corrected chi connectivity index (χ3v) is 4.27. The lowest BCUT2D eigenvalue weighted by molar-refractivity contribution is -0.132. The fraction of sp³-hybridized carbons (Fsp3) is 0.500. The number of carbonyl (C=O) groups excluding carboxylic acids is 1. The van der Waals surface area contributed by atoms with Crippen molar-refractivity contribution in [2.45, 2.75) is 42.7 Å². The normalized spacial score (nSPS) is 17.2. The maximum absolute atomic E-state index is 14.4. The highest BCUT2D eigenvalue weighted by Crippen LogP contribution is 2.33. The molecule has 1 amide bonds. The Balaban J connectivity index is 1.96. The first-order valence-corrected chi connectivity index (χ1v) is 7.65. The highest BCUT2D eigenvalue weighted by atomic mass is 32.2. The summed E-state index contributed by atoms with van der Waals surface area (Å²) >= 11 is 1.02. The first-order chi connectivity index (χ1) is 10.0. The van der Waals surface area contributed by atoms with Crippen molar-refractivity contribution in [2.24, 2.45) is 0 Å². The molecule has 0 heterocycles. The third-order valence-electron chi connectivity index (χ3n) is 3.49. The summed E-state index contributed by atoms with van der Waals surface area (Å²) in [6.07, 6.45) is 3.04. The molecule has 1 aromatic carbocycles. The van der Waals surface area contributed by atoms with Crippen molar-refractivity contribution in [3.05, 3.63) is 18.2 Å². The van der Waals surface area contributed by atoms with Gasteiger partial charge in [0.2, 0.25) is 0 Å². The molecule has 0 saturated heterocycles. The monoisotopic (exact) mass is 314 g/mol. The lowest BCUT2D eigenvalue weighted by atomic mass is 9.86. The second-order valence-corrected chi connectivity index (χ2v) is 5.92. The van der Waals surface area contributed by atoms with E-state index in [-0.39, 0.29) is 18.6 Å². The summed E-state index contributed by atoms with van der Waals surface area (Å²) in [6.45, 7) is 0. The minimum atomic E-state index is -1.75. The van der Waals surface area contributed by atoms with Crippen LogP contribution in [0.15, 0.2) is 23.1 Å². The van der Waals surface area contributed by atoms with Gasteiger partial charge in [-0.15, -0.1) is 0 Å². The zero-order valence-electron chi connectivity index (χ0n) is 11.8. The van der Waals surface area contributed by atoms with Gasteiger partial charge in [0.05, 0.1) is 7.11 Å². The van der Waals surface area contributed by atoms with Crippen LogP contribution >= 0.6 is 11.9 Å². The standard InChI is InChI=1S/C14H19FN2O3S/c1-20-16-11-9-10(5-6-12(11)18)21-17-13(19)14(15)7-3-2-4-8-14/h5-6,9,16,18H,2-4,7-8H2,1H3,(H,17,19). The molecule has 0 bridgehead atoms. The molecular weight excluding hydrogens is 295 g/mol. The molecule has 1 fully saturated rings. The average Bonchev–Trinajstić information content (AvgIpc) is 2.48. The van der Waals surface area contributed by atoms with Crippen molar-refractivity contribution < 1.29 is 19.1 Å². The summed E-state index contributed by atoms with van der Waals surface area (Å²) in [5.41, 5.74) is 1.15. The number of phenolic OH excluding ortho intramolecular Hbond substituents is 1. The largest absolute Gasteiger partial charge is 0.506 e. The molecule has 7 heteroatoms. The molecule has 1 aliphatic rings. The smallest absolute Gasteiger partial charge is 0.267 e. The Labute approximate surface area is 127 Å². The Kier molecular flexibility index (Phi) is 5.30. The van der Waals surface area contributed by atoms with Crippen LogP contribution in [0.5, 0.6) is 5.75 Å². The third kappa shape index (κ3) is 4.01. The van der Waals surface area contributed by atoms with E-state index in [1.807, 2.05) is 0 Å². The SMILES string of the molecule is CONc1cc(SNC(=O)C2(F)CCCCC2)ccc1O. The van der Waals surface area contributed by atoms with Crippen molar-refractivity contribution in [3.63, 3.8) is 0 Å². The lowest BCUT2D eigenvalue weighted by Gasteiger charge is -2.27. The van der Waals surface area contributed by atoms with Gasteiger partial charge < -0.3 is 5.11 Å². The molecule has 0 radical (unpaired) electrons. The molecule has 0 atom stereocenters. The Morgan fingerprint density at radius 3 is 2.76 bits per heavy atom. The Morgan fingerprint density at radius 2 is 2.10 bits per heavy atom. The van der Waals surface area contributed by atoms with Crippen molar-refractivity contribution in [1.82, 2.24) is 4.72 Å². The minimum Gasteiger partial charge on any atom is -0.506 e. The molecule has 1 aromatic rings. The van der Waals surface area contributed by atoms with Crippen LogP contribution in [0.3, 0.4) is 0 Å². The molecule has 0 spiro atoms. The predicted molar refractivity (Wildman–Crippen MR) is 79.7 cm³/mol. The Bertz CT molecular complexity index is 507. The van der Waals surface area contributed by atoms with E-state index >= 15 is 0 Å². The maximum atomic E-state index is 14.4. The Morgan fingerprint density at radius 1 is 1.38 bits per heavy atom. The van der Waals surface area contributed by atoms with Crippen molar-refractivity contribution in [3.8, 4) is 5.75 Å². The van der Waals surface area contributed by atoms with Gasteiger partial charge in [-0.25, -0.2) is 4.39 Å². The van der Waals surface area contributed by atoms with Crippen molar-refractivity contribution in [1.29, 1.82) is 0 Å². The van der Waals surface area contributed by atoms with Crippen LogP contribution in [0, 0.1) is 0 Å². The molecule has 3 N–H and O–H groups in total. The van der Waals surface area contributed by atoms with Crippen LogP contribution < -0.4 is 10.2 Å². The molecule has 0 aromatic heterocycles. The summed E-state index contributed by atoms with van der Waals surface area (Å²) in [4.78, 5) is 17.4. The minimum absolute atomic E-state index is 0.0294. The number of alkyl halides is 1. The van der Waals surface area contributed by atoms with Gasteiger partial charge in [-0.3, -0.25) is 19.8 Å². The topological polar surface area (TPSA) is 70.6 Å². The quantitative estimate of drug-likeness (QED) is 0.442. The first-order valence-electron chi connectivity index (χ1n) is 6.83. The predicted octanol–water partition coefficient (Wildman–Crippen LogP) is 3.16. The number of rotatable bonds is 5. The number of benzene rings is 1. The fourth-order valence-corrected chi connectivity index (χ4v) is 3.01. The van der Waals surface area contributed by atoms with Crippen LogP contribution in [0.25, 0.3) is 0 Å². The van der Waals surface area contributed by atoms with Gasteiger partial charge in [0.15, 0.2) is 5.67 Å². The number of aromatic hydroxyl groups is 1. The summed E-state index contributed by atoms with van der Waals surface area (Å²) in [5, 5.41) is 9.59. The molecule has 21 heavy (non-hydrogen) atoms. The molecule has 1 saturated carbocycles. The average molecular weight is 314 g/mol. The van der Waals surface area contributed by atoms with E-state index in [4.69, 9.17) is 4.84 Å². The molecular formula is C14H19FN2O3S. The molecule has 0 aliphatic heterocycles. The molecule has 1 aliphatic carbocycles. The Hall–Kier alpha value is -1.47. The van der Waals surface area contributed by atoms with E-state index in [0.717, 1.165) is 31.2 Å². The summed E-state index contributed by atoms with van der Waals surface area (Å²) in [6, 6.07) is 4.71. The van der Waals surface area contributed by atoms with Gasteiger partial charge in [0, 0.05) is 4.90 Å². The van der Waals surface area contributed by atoms with E-state index in [9.17, 15) is 14.3 Å². The number of phenols is 1. The fourth-order valence-electron chi connectivity index (χ4n) is 2.31. The molecule has 2 rings (SSSR count). The number of carbonyl (C=O) groups is 1. The first kappa shape index (κ1) is 15.9. The van der Waals surface area contributed by atoms with E-state index in [2.05, 4.69) is 10.2 Å². The van der Waals surface area contributed by atoms with Crippen LogP contribution in [-0.4, -0.2) is 23.8 Å². The van der Waals surface area contributed by atoms with E-state index in [1.54, 1.807) is 12.1 Å². The number of nitrogens with one attached hydrogen (secondary N) is 2.